The second-order valence-electron chi connectivity index (χ2n) is 4.58. The zero-order valence-electron chi connectivity index (χ0n) is 11.2. The van der Waals surface area contributed by atoms with E-state index in [1.165, 1.54) is 18.4 Å². The molecule has 2 aromatic carbocycles. The molecule has 1 atom stereocenters. The van der Waals surface area contributed by atoms with Gasteiger partial charge in [0.05, 0.1) is 0 Å². The molecule has 2 rings (SSSR count). The number of halogens is 1. The molecule has 19 heavy (non-hydrogen) atoms. The number of ether oxygens (including phenoxy) is 1. The maximum Gasteiger partial charge on any atom is 0.125 e. The van der Waals surface area contributed by atoms with Crippen molar-refractivity contribution in [1.29, 1.82) is 0 Å². The number of rotatable bonds is 6. The van der Waals surface area contributed by atoms with Crippen molar-refractivity contribution in [1.82, 2.24) is 0 Å². The van der Waals surface area contributed by atoms with Gasteiger partial charge in [0.2, 0.25) is 0 Å². The standard InChI is InChI=1S/C17H19BrO/c1-2-3-13-17(15-11-7-8-12-16(15)18)19-14-9-5-4-6-10-14/h4-12,17H,2-3,13H2,1H3. The van der Waals surface area contributed by atoms with Gasteiger partial charge in [0, 0.05) is 10.0 Å². The van der Waals surface area contributed by atoms with E-state index in [1.807, 2.05) is 36.4 Å². The van der Waals surface area contributed by atoms with Crippen molar-refractivity contribution in [2.24, 2.45) is 0 Å². The Bertz CT molecular complexity index is 496. The van der Waals surface area contributed by atoms with Crippen LogP contribution in [0.3, 0.4) is 0 Å². The maximum absolute atomic E-state index is 6.15. The first kappa shape index (κ1) is 14.1. The molecule has 0 radical (unpaired) electrons. The average molecular weight is 319 g/mol. The number of hydrogen-bond donors (Lipinski definition) is 0. The van der Waals surface area contributed by atoms with Crippen molar-refractivity contribution in [2.75, 3.05) is 0 Å². The highest BCUT2D eigenvalue weighted by atomic mass is 79.9. The van der Waals surface area contributed by atoms with Crippen LogP contribution in [0.4, 0.5) is 0 Å². The summed E-state index contributed by atoms with van der Waals surface area (Å²) in [4.78, 5) is 0. The highest BCUT2D eigenvalue weighted by molar-refractivity contribution is 9.10. The summed E-state index contributed by atoms with van der Waals surface area (Å²) in [5, 5.41) is 0. The molecule has 0 saturated carbocycles. The summed E-state index contributed by atoms with van der Waals surface area (Å²) in [6, 6.07) is 18.3. The van der Waals surface area contributed by atoms with Crippen molar-refractivity contribution in [2.45, 2.75) is 32.3 Å². The Kier molecular flexibility index (Phi) is 5.46. The summed E-state index contributed by atoms with van der Waals surface area (Å²) in [6.45, 7) is 2.21. The van der Waals surface area contributed by atoms with Crippen molar-refractivity contribution < 1.29 is 4.74 Å². The van der Waals surface area contributed by atoms with Gasteiger partial charge >= 0.3 is 0 Å². The number of para-hydroxylation sites is 1. The molecular formula is C17H19BrO. The van der Waals surface area contributed by atoms with E-state index in [-0.39, 0.29) is 6.10 Å². The summed E-state index contributed by atoms with van der Waals surface area (Å²) in [5.41, 5.74) is 1.22. The van der Waals surface area contributed by atoms with Gasteiger partial charge in [-0.2, -0.15) is 0 Å². The Balaban J connectivity index is 2.19. The normalized spacial score (nSPS) is 12.1. The molecule has 0 N–H and O–H groups in total. The van der Waals surface area contributed by atoms with E-state index < -0.39 is 0 Å². The van der Waals surface area contributed by atoms with Crippen molar-refractivity contribution in [3.8, 4) is 5.75 Å². The summed E-state index contributed by atoms with van der Waals surface area (Å²) in [5.74, 6) is 0.930. The van der Waals surface area contributed by atoms with Crippen LogP contribution in [-0.2, 0) is 0 Å². The van der Waals surface area contributed by atoms with Gasteiger partial charge in [0.1, 0.15) is 11.9 Å². The monoisotopic (exact) mass is 318 g/mol. The molecule has 0 amide bonds. The highest BCUT2D eigenvalue weighted by Crippen LogP contribution is 2.31. The molecule has 2 aromatic rings. The molecule has 0 spiro atoms. The van der Waals surface area contributed by atoms with Crippen LogP contribution in [-0.4, -0.2) is 0 Å². The predicted octanol–water partition coefficient (Wildman–Crippen LogP) is 5.76. The zero-order valence-corrected chi connectivity index (χ0v) is 12.8. The van der Waals surface area contributed by atoms with Crippen LogP contribution in [0.25, 0.3) is 0 Å². The van der Waals surface area contributed by atoms with E-state index in [0.29, 0.717) is 0 Å². The van der Waals surface area contributed by atoms with Gasteiger partial charge in [0.25, 0.3) is 0 Å². The van der Waals surface area contributed by atoms with Gasteiger partial charge in [-0.1, -0.05) is 65.7 Å². The van der Waals surface area contributed by atoms with Gasteiger partial charge in [-0.25, -0.2) is 0 Å². The molecular weight excluding hydrogens is 300 g/mol. The quantitative estimate of drug-likeness (QED) is 0.658. The molecule has 100 valence electrons. The van der Waals surface area contributed by atoms with Crippen molar-refractivity contribution in [3.63, 3.8) is 0 Å². The minimum absolute atomic E-state index is 0.109. The predicted molar refractivity (Wildman–Crippen MR) is 83.5 cm³/mol. The van der Waals surface area contributed by atoms with Crippen molar-refractivity contribution in [3.05, 3.63) is 64.6 Å². The zero-order chi connectivity index (χ0) is 13.5. The minimum Gasteiger partial charge on any atom is -0.486 e. The van der Waals surface area contributed by atoms with Gasteiger partial charge in [0.15, 0.2) is 0 Å². The molecule has 0 saturated heterocycles. The summed E-state index contributed by atoms with van der Waals surface area (Å²) < 4.78 is 7.27. The lowest BCUT2D eigenvalue weighted by atomic mass is 10.0. The number of unbranched alkanes of at least 4 members (excludes halogenated alkanes) is 1. The fourth-order valence-electron chi connectivity index (χ4n) is 2.07. The van der Waals surface area contributed by atoms with Crippen LogP contribution in [0.2, 0.25) is 0 Å². The third-order valence-corrected chi connectivity index (χ3v) is 3.82. The van der Waals surface area contributed by atoms with Crippen LogP contribution in [0.5, 0.6) is 5.75 Å². The fraction of sp³-hybridized carbons (Fsp3) is 0.294. The second kappa shape index (κ2) is 7.34. The molecule has 0 heterocycles. The second-order valence-corrected chi connectivity index (χ2v) is 5.44. The van der Waals surface area contributed by atoms with Gasteiger partial charge in [-0.15, -0.1) is 0 Å². The maximum atomic E-state index is 6.15. The Hall–Kier alpha value is -1.28. The Morgan fingerprint density at radius 1 is 1.00 bits per heavy atom. The van der Waals surface area contributed by atoms with Gasteiger partial charge < -0.3 is 4.74 Å². The highest BCUT2D eigenvalue weighted by Gasteiger charge is 2.15. The fourth-order valence-corrected chi connectivity index (χ4v) is 2.61. The SMILES string of the molecule is CCCCC(Oc1ccccc1)c1ccccc1Br. The first-order chi connectivity index (χ1) is 9.31. The molecule has 0 fully saturated rings. The van der Waals surface area contributed by atoms with Crippen LogP contribution in [0.15, 0.2) is 59.1 Å². The van der Waals surface area contributed by atoms with E-state index in [9.17, 15) is 0 Å². The summed E-state index contributed by atoms with van der Waals surface area (Å²) >= 11 is 3.62. The van der Waals surface area contributed by atoms with Crippen molar-refractivity contribution >= 4 is 15.9 Å². The number of hydrogen-bond acceptors (Lipinski definition) is 1. The smallest absolute Gasteiger partial charge is 0.125 e. The molecule has 0 aromatic heterocycles. The van der Waals surface area contributed by atoms with Crippen LogP contribution in [0.1, 0.15) is 37.9 Å². The van der Waals surface area contributed by atoms with E-state index in [2.05, 4.69) is 41.1 Å². The first-order valence-corrected chi connectivity index (χ1v) is 7.56. The molecule has 0 aliphatic heterocycles. The van der Waals surface area contributed by atoms with E-state index in [4.69, 9.17) is 4.74 Å². The van der Waals surface area contributed by atoms with Crippen LogP contribution in [0, 0.1) is 0 Å². The summed E-state index contributed by atoms with van der Waals surface area (Å²) in [6.07, 6.45) is 3.49. The van der Waals surface area contributed by atoms with Crippen LogP contribution >= 0.6 is 15.9 Å². The third-order valence-electron chi connectivity index (χ3n) is 3.09. The minimum atomic E-state index is 0.109. The molecule has 0 aliphatic carbocycles. The lowest BCUT2D eigenvalue weighted by Crippen LogP contribution is -2.08. The third kappa shape index (κ3) is 4.10. The Morgan fingerprint density at radius 2 is 1.68 bits per heavy atom. The molecule has 1 unspecified atom stereocenters. The molecule has 2 heteroatoms. The topological polar surface area (TPSA) is 9.23 Å². The number of benzene rings is 2. The van der Waals surface area contributed by atoms with Gasteiger partial charge in [-0.3, -0.25) is 0 Å². The van der Waals surface area contributed by atoms with Crippen LogP contribution < -0.4 is 4.74 Å². The van der Waals surface area contributed by atoms with Gasteiger partial charge in [-0.05, 0) is 31.0 Å². The lowest BCUT2D eigenvalue weighted by Gasteiger charge is -2.20. The molecule has 0 aliphatic rings. The summed E-state index contributed by atoms with van der Waals surface area (Å²) in [7, 11) is 0. The Morgan fingerprint density at radius 3 is 2.37 bits per heavy atom. The van der Waals surface area contributed by atoms with E-state index >= 15 is 0 Å². The van der Waals surface area contributed by atoms with E-state index in [0.717, 1.165) is 16.6 Å². The van der Waals surface area contributed by atoms with E-state index in [1.54, 1.807) is 0 Å². The largest absolute Gasteiger partial charge is 0.486 e. The average Bonchev–Trinajstić information content (AvgIpc) is 2.45. The Labute approximate surface area is 123 Å². The first-order valence-electron chi connectivity index (χ1n) is 6.77. The molecule has 0 bridgehead atoms. The lowest BCUT2D eigenvalue weighted by molar-refractivity contribution is 0.190. The molecule has 1 nitrogen and oxygen atoms in total.